The summed E-state index contributed by atoms with van der Waals surface area (Å²) in [4.78, 5) is 22.4. The van der Waals surface area contributed by atoms with Crippen LogP contribution in [-0.4, -0.2) is 23.5 Å². The maximum atomic E-state index is 12.1. The molecular weight excluding hydrogens is 266 g/mol. The van der Waals surface area contributed by atoms with E-state index in [4.69, 9.17) is 5.11 Å². The van der Waals surface area contributed by atoms with Gasteiger partial charge in [0.15, 0.2) is 0 Å². The number of hydrogen-bond donors (Lipinski definition) is 2. The Bertz CT molecular complexity index is 483. The molecule has 0 aliphatic heterocycles. The Hall–Kier alpha value is -1.84. The van der Waals surface area contributed by atoms with E-state index >= 15 is 0 Å². The van der Waals surface area contributed by atoms with Gasteiger partial charge in [0.05, 0.1) is 0 Å². The Kier molecular flexibility index (Phi) is 7.51. The fourth-order valence-electron chi connectivity index (χ4n) is 2.23. The van der Waals surface area contributed by atoms with Crippen LogP contribution in [0.3, 0.4) is 0 Å². The van der Waals surface area contributed by atoms with Gasteiger partial charge < -0.3 is 10.4 Å². The normalized spacial score (nSPS) is 10.4. The van der Waals surface area contributed by atoms with Crippen LogP contribution >= 0.6 is 0 Å². The Morgan fingerprint density at radius 1 is 1.05 bits per heavy atom. The minimum absolute atomic E-state index is 0.0120. The summed E-state index contributed by atoms with van der Waals surface area (Å²) in [6.45, 7) is 4.64. The molecule has 2 N–H and O–H groups in total. The van der Waals surface area contributed by atoms with Crippen molar-refractivity contribution in [2.75, 3.05) is 6.54 Å². The van der Waals surface area contributed by atoms with Crippen LogP contribution in [0.4, 0.5) is 0 Å². The van der Waals surface area contributed by atoms with E-state index in [0.29, 0.717) is 6.54 Å². The molecule has 1 amide bonds. The molecule has 116 valence electrons. The van der Waals surface area contributed by atoms with E-state index in [0.717, 1.165) is 48.8 Å². The molecule has 4 heteroatoms. The van der Waals surface area contributed by atoms with E-state index in [2.05, 4.69) is 5.32 Å². The summed E-state index contributed by atoms with van der Waals surface area (Å²) in [6, 6.07) is 5.76. The molecule has 4 nitrogen and oxygen atoms in total. The lowest BCUT2D eigenvalue weighted by Gasteiger charge is -2.09. The van der Waals surface area contributed by atoms with Gasteiger partial charge in [0.25, 0.3) is 5.91 Å². The van der Waals surface area contributed by atoms with Crippen LogP contribution in [0.1, 0.15) is 60.0 Å². The second-order valence-corrected chi connectivity index (χ2v) is 5.41. The second kappa shape index (κ2) is 9.16. The zero-order chi connectivity index (χ0) is 15.7. The smallest absolute Gasteiger partial charge is 0.303 e. The van der Waals surface area contributed by atoms with Gasteiger partial charge in [-0.15, -0.1) is 0 Å². The highest BCUT2D eigenvalue weighted by Crippen LogP contribution is 2.12. The molecule has 1 aromatic rings. The van der Waals surface area contributed by atoms with Gasteiger partial charge in [-0.25, -0.2) is 0 Å². The van der Waals surface area contributed by atoms with Crippen LogP contribution < -0.4 is 5.32 Å². The average Bonchev–Trinajstić information content (AvgIpc) is 2.44. The first-order valence-corrected chi connectivity index (χ1v) is 7.58. The number of aliphatic carboxylic acids is 1. The molecule has 0 atom stereocenters. The van der Waals surface area contributed by atoms with Crippen molar-refractivity contribution in [1.82, 2.24) is 5.32 Å². The number of amides is 1. The first kappa shape index (κ1) is 17.2. The molecule has 0 fully saturated rings. The lowest BCUT2D eigenvalue weighted by Crippen LogP contribution is -2.25. The Labute approximate surface area is 126 Å². The number of rotatable bonds is 9. The largest absolute Gasteiger partial charge is 0.481 e. The molecule has 0 heterocycles. The van der Waals surface area contributed by atoms with Crippen molar-refractivity contribution in [3.8, 4) is 0 Å². The molecule has 0 radical (unpaired) electrons. The number of carbonyl (C=O) groups excluding carboxylic acids is 1. The first-order chi connectivity index (χ1) is 10.0. The van der Waals surface area contributed by atoms with E-state index in [1.165, 1.54) is 0 Å². The molecule has 1 rings (SSSR count). The van der Waals surface area contributed by atoms with Crippen molar-refractivity contribution in [3.05, 3.63) is 34.9 Å². The standard InChI is InChI=1S/C17H25NO3/c1-13-9-8-10-15(14(13)2)17(21)18-12-7-5-3-4-6-11-16(19)20/h8-10H,3-7,11-12H2,1-2H3,(H,18,21)(H,19,20). The molecule has 0 aliphatic rings. The quantitative estimate of drug-likeness (QED) is 0.685. The van der Waals surface area contributed by atoms with Gasteiger partial charge in [-0.3, -0.25) is 9.59 Å². The minimum Gasteiger partial charge on any atom is -0.481 e. The maximum absolute atomic E-state index is 12.1. The summed E-state index contributed by atoms with van der Waals surface area (Å²) < 4.78 is 0. The van der Waals surface area contributed by atoms with E-state index < -0.39 is 5.97 Å². The van der Waals surface area contributed by atoms with Crippen molar-refractivity contribution in [2.24, 2.45) is 0 Å². The molecule has 0 saturated heterocycles. The molecule has 1 aromatic carbocycles. The van der Waals surface area contributed by atoms with Gasteiger partial charge in [-0.2, -0.15) is 0 Å². The van der Waals surface area contributed by atoms with Crippen LogP contribution in [0.5, 0.6) is 0 Å². The topological polar surface area (TPSA) is 66.4 Å². The van der Waals surface area contributed by atoms with Gasteiger partial charge in [0, 0.05) is 18.5 Å². The van der Waals surface area contributed by atoms with E-state index in [9.17, 15) is 9.59 Å². The number of nitrogens with one attached hydrogen (secondary N) is 1. The number of hydrogen-bond acceptors (Lipinski definition) is 2. The number of carboxylic acids is 1. The van der Waals surface area contributed by atoms with Crippen molar-refractivity contribution >= 4 is 11.9 Å². The number of unbranched alkanes of at least 4 members (excludes halogenated alkanes) is 4. The average molecular weight is 291 g/mol. The summed E-state index contributed by atoms with van der Waals surface area (Å²) in [5.74, 6) is -0.738. The number of benzene rings is 1. The zero-order valence-electron chi connectivity index (χ0n) is 12.9. The molecular formula is C17H25NO3. The summed E-state index contributed by atoms with van der Waals surface area (Å²) in [6.07, 6.45) is 4.91. The first-order valence-electron chi connectivity index (χ1n) is 7.58. The molecule has 0 aromatic heterocycles. The monoisotopic (exact) mass is 291 g/mol. The predicted molar refractivity (Wildman–Crippen MR) is 83.6 cm³/mol. The molecule has 0 spiro atoms. The molecule has 0 saturated carbocycles. The maximum Gasteiger partial charge on any atom is 0.303 e. The molecule has 0 unspecified atom stereocenters. The van der Waals surface area contributed by atoms with Crippen LogP contribution in [-0.2, 0) is 4.79 Å². The Balaban J connectivity index is 2.17. The van der Waals surface area contributed by atoms with E-state index in [1.807, 2.05) is 32.0 Å². The van der Waals surface area contributed by atoms with E-state index in [-0.39, 0.29) is 12.3 Å². The molecule has 0 bridgehead atoms. The van der Waals surface area contributed by atoms with Crippen LogP contribution in [0.25, 0.3) is 0 Å². The summed E-state index contributed by atoms with van der Waals surface area (Å²) in [5.41, 5.74) is 2.90. The summed E-state index contributed by atoms with van der Waals surface area (Å²) in [7, 11) is 0. The second-order valence-electron chi connectivity index (χ2n) is 5.41. The van der Waals surface area contributed by atoms with Gasteiger partial charge in [0.1, 0.15) is 0 Å². The Morgan fingerprint density at radius 2 is 1.71 bits per heavy atom. The summed E-state index contributed by atoms with van der Waals surface area (Å²) >= 11 is 0. The van der Waals surface area contributed by atoms with Gasteiger partial charge in [-0.05, 0) is 43.9 Å². The third kappa shape index (κ3) is 6.43. The fraction of sp³-hybridized carbons (Fsp3) is 0.529. The van der Waals surface area contributed by atoms with Crippen molar-refractivity contribution < 1.29 is 14.7 Å². The number of carboxylic acid groups (broad SMARTS) is 1. The van der Waals surface area contributed by atoms with Crippen LogP contribution in [0.15, 0.2) is 18.2 Å². The number of aryl methyl sites for hydroxylation is 1. The zero-order valence-corrected chi connectivity index (χ0v) is 12.9. The lowest BCUT2D eigenvalue weighted by atomic mass is 10.0. The summed E-state index contributed by atoms with van der Waals surface area (Å²) in [5, 5.41) is 11.5. The van der Waals surface area contributed by atoms with Crippen molar-refractivity contribution in [1.29, 1.82) is 0 Å². The van der Waals surface area contributed by atoms with Crippen molar-refractivity contribution in [2.45, 2.75) is 52.4 Å². The predicted octanol–water partition coefficient (Wildman–Crippen LogP) is 3.46. The Morgan fingerprint density at radius 3 is 2.43 bits per heavy atom. The highest BCUT2D eigenvalue weighted by atomic mass is 16.4. The SMILES string of the molecule is Cc1cccc(C(=O)NCCCCCCCC(=O)O)c1C. The number of carbonyl (C=O) groups is 2. The van der Waals surface area contributed by atoms with Crippen LogP contribution in [0, 0.1) is 13.8 Å². The van der Waals surface area contributed by atoms with Crippen LogP contribution in [0.2, 0.25) is 0 Å². The van der Waals surface area contributed by atoms with Gasteiger partial charge in [-0.1, -0.05) is 31.4 Å². The lowest BCUT2D eigenvalue weighted by molar-refractivity contribution is -0.137. The highest BCUT2D eigenvalue weighted by molar-refractivity contribution is 5.95. The third-order valence-corrected chi connectivity index (χ3v) is 3.70. The fourth-order valence-corrected chi connectivity index (χ4v) is 2.23. The van der Waals surface area contributed by atoms with Gasteiger partial charge >= 0.3 is 5.97 Å². The molecule has 21 heavy (non-hydrogen) atoms. The van der Waals surface area contributed by atoms with Crippen molar-refractivity contribution in [3.63, 3.8) is 0 Å². The van der Waals surface area contributed by atoms with Gasteiger partial charge in [0.2, 0.25) is 0 Å². The van der Waals surface area contributed by atoms with E-state index in [1.54, 1.807) is 0 Å². The third-order valence-electron chi connectivity index (χ3n) is 3.70. The highest BCUT2D eigenvalue weighted by Gasteiger charge is 2.08. The molecule has 0 aliphatic carbocycles. The minimum atomic E-state index is -0.726.